The maximum Gasteiger partial charge on any atom is 0.313 e. The molecule has 32 heavy (non-hydrogen) atoms. The van der Waals surface area contributed by atoms with E-state index in [0.29, 0.717) is 24.6 Å². The highest BCUT2D eigenvalue weighted by Crippen LogP contribution is 2.38. The first kappa shape index (κ1) is 20.5. The maximum atomic E-state index is 12.5. The van der Waals surface area contributed by atoms with Gasteiger partial charge in [-0.15, -0.1) is 0 Å². The van der Waals surface area contributed by atoms with Crippen molar-refractivity contribution in [3.63, 3.8) is 0 Å². The number of anilines is 3. The van der Waals surface area contributed by atoms with Gasteiger partial charge in [0.05, 0.1) is 12.1 Å². The van der Waals surface area contributed by atoms with Crippen LogP contribution < -0.4 is 20.4 Å². The summed E-state index contributed by atoms with van der Waals surface area (Å²) in [6, 6.07) is 7.73. The molecule has 0 aliphatic carbocycles. The van der Waals surface area contributed by atoms with Crippen LogP contribution in [-0.2, 0) is 27.2 Å². The van der Waals surface area contributed by atoms with Gasteiger partial charge in [-0.1, -0.05) is 0 Å². The van der Waals surface area contributed by atoms with Crippen molar-refractivity contribution >= 4 is 34.8 Å². The molecule has 1 saturated heterocycles. The van der Waals surface area contributed by atoms with Gasteiger partial charge >= 0.3 is 11.8 Å². The Bertz CT molecular complexity index is 1050. The Morgan fingerprint density at radius 3 is 2.56 bits per heavy atom. The summed E-state index contributed by atoms with van der Waals surface area (Å²) in [5.74, 6) is -0.819. The number of carbonyl (C=O) groups excluding carboxylic acids is 3. The molecule has 3 aliphatic rings. The molecule has 3 aliphatic heterocycles. The van der Waals surface area contributed by atoms with Crippen molar-refractivity contribution in [2.75, 3.05) is 41.3 Å². The topological polar surface area (TPSA) is 94.6 Å². The van der Waals surface area contributed by atoms with E-state index in [1.165, 1.54) is 5.69 Å². The molecular weight excluding hydrogens is 406 g/mol. The van der Waals surface area contributed by atoms with Crippen LogP contribution in [0.3, 0.4) is 0 Å². The van der Waals surface area contributed by atoms with Gasteiger partial charge in [0.1, 0.15) is 0 Å². The fourth-order valence-corrected chi connectivity index (χ4v) is 5.01. The second kappa shape index (κ2) is 8.61. The van der Waals surface area contributed by atoms with Gasteiger partial charge in [0.2, 0.25) is 5.91 Å². The van der Waals surface area contributed by atoms with E-state index < -0.39 is 11.8 Å². The number of hydrogen-bond donors (Lipinski definition) is 2. The summed E-state index contributed by atoms with van der Waals surface area (Å²) in [6.07, 6.45) is 7.66. The van der Waals surface area contributed by atoms with Gasteiger partial charge in [-0.05, 0) is 67.0 Å². The lowest BCUT2D eigenvalue weighted by Crippen LogP contribution is -2.41. The largest absolute Gasteiger partial charge is 0.371 e. The van der Waals surface area contributed by atoms with Crippen molar-refractivity contribution in [2.24, 2.45) is 5.92 Å². The SMILES string of the molecule is O=C(NCC1CCN(c2ccncc2)CC1)C(=O)Nc1cc2c3c(c1)CC(=O)N3CCC2. The Balaban J connectivity index is 1.13. The first-order valence-electron chi connectivity index (χ1n) is 11.3. The van der Waals surface area contributed by atoms with E-state index in [1.807, 2.05) is 29.2 Å². The summed E-state index contributed by atoms with van der Waals surface area (Å²) in [5, 5.41) is 5.51. The van der Waals surface area contributed by atoms with E-state index in [2.05, 4.69) is 20.5 Å². The van der Waals surface area contributed by atoms with E-state index >= 15 is 0 Å². The van der Waals surface area contributed by atoms with Gasteiger partial charge in [-0.2, -0.15) is 0 Å². The quantitative estimate of drug-likeness (QED) is 0.718. The Labute approximate surface area is 187 Å². The molecule has 8 heteroatoms. The number of aromatic nitrogens is 1. The summed E-state index contributed by atoms with van der Waals surface area (Å²) < 4.78 is 0. The molecule has 0 saturated carbocycles. The van der Waals surface area contributed by atoms with Gasteiger partial charge in [-0.3, -0.25) is 19.4 Å². The number of piperidine rings is 1. The summed E-state index contributed by atoms with van der Waals surface area (Å²) in [6.45, 7) is 3.10. The Morgan fingerprint density at radius 1 is 1.03 bits per heavy atom. The lowest BCUT2D eigenvalue weighted by atomic mass is 9.96. The molecule has 0 atom stereocenters. The van der Waals surface area contributed by atoms with Crippen LogP contribution in [-0.4, -0.2) is 48.9 Å². The summed E-state index contributed by atoms with van der Waals surface area (Å²) in [5.41, 5.74) is 4.75. The second-order valence-corrected chi connectivity index (χ2v) is 8.77. The average Bonchev–Trinajstić information content (AvgIpc) is 3.15. The van der Waals surface area contributed by atoms with E-state index in [-0.39, 0.29) is 5.91 Å². The Morgan fingerprint density at radius 2 is 1.78 bits per heavy atom. The zero-order valence-electron chi connectivity index (χ0n) is 18.0. The van der Waals surface area contributed by atoms with Crippen molar-refractivity contribution in [2.45, 2.75) is 32.1 Å². The first-order valence-corrected chi connectivity index (χ1v) is 11.3. The van der Waals surface area contributed by atoms with Crippen LogP contribution >= 0.6 is 0 Å². The second-order valence-electron chi connectivity index (χ2n) is 8.77. The number of hydrogen-bond acceptors (Lipinski definition) is 5. The van der Waals surface area contributed by atoms with Crippen LogP contribution in [0.1, 0.15) is 30.4 Å². The standard InChI is InChI=1S/C24H27N5O3/c30-21-14-18-13-19(12-17-2-1-9-29(21)22(17)18)27-24(32)23(31)26-15-16-5-10-28(11-6-16)20-3-7-25-8-4-20/h3-4,7-8,12-13,16H,1-2,5-6,9-11,14-15H2,(H,26,31)(H,27,32). The molecule has 5 rings (SSSR count). The number of aryl methyl sites for hydroxylation is 1. The number of pyridine rings is 1. The molecule has 2 N–H and O–H groups in total. The van der Waals surface area contributed by atoms with E-state index in [0.717, 1.165) is 62.1 Å². The molecule has 1 aromatic heterocycles. The van der Waals surface area contributed by atoms with Crippen LogP contribution in [0.5, 0.6) is 0 Å². The summed E-state index contributed by atoms with van der Waals surface area (Å²) in [7, 11) is 0. The van der Waals surface area contributed by atoms with Crippen LogP contribution in [0.2, 0.25) is 0 Å². The van der Waals surface area contributed by atoms with Crippen molar-refractivity contribution in [1.82, 2.24) is 10.3 Å². The minimum absolute atomic E-state index is 0.108. The van der Waals surface area contributed by atoms with Crippen molar-refractivity contribution in [3.8, 4) is 0 Å². The lowest BCUT2D eigenvalue weighted by Gasteiger charge is -2.33. The molecule has 0 bridgehead atoms. The van der Waals surface area contributed by atoms with E-state index in [1.54, 1.807) is 12.4 Å². The fraction of sp³-hybridized carbons (Fsp3) is 0.417. The molecule has 3 amide bonds. The smallest absolute Gasteiger partial charge is 0.313 e. The van der Waals surface area contributed by atoms with E-state index in [4.69, 9.17) is 0 Å². The number of nitrogens with zero attached hydrogens (tertiary/aromatic N) is 3. The van der Waals surface area contributed by atoms with Gasteiger partial charge in [0, 0.05) is 49.9 Å². The summed E-state index contributed by atoms with van der Waals surface area (Å²) >= 11 is 0. The zero-order valence-corrected chi connectivity index (χ0v) is 18.0. The van der Waals surface area contributed by atoms with E-state index in [9.17, 15) is 14.4 Å². The average molecular weight is 434 g/mol. The molecule has 1 aromatic carbocycles. The highest BCUT2D eigenvalue weighted by molar-refractivity contribution is 6.39. The van der Waals surface area contributed by atoms with Gasteiger partial charge in [0.25, 0.3) is 0 Å². The maximum absolute atomic E-state index is 12.5. The minimum atomic E-state index is -0.664. The Kier molecular flexibility index (Phi) is 5.51. The summed E-state index contributed by atoms with van der Waals surface area (Å²) in [4.78, 5) is 45.2. The number of benzene rings is 1. The number of carbonyl (C=O) groups is 3. The van der Waals surface area contributed by atoms with Crippen LogP contribution in [0.4, 0.5) is 17.1 Å². The molecule has 1 fully saturated rings. The molecule has 8 nitrogen and oxygen atoms in total. The number of amides is 3. The molecular formula is C24H27N5O3. The number of nitrogens with one attached hydrogen (secondary N) is 2. The molecule has 2 aromatic rings. The molecule has 4 heterocycles. The highest BCUT2D eigenvalue weighted by Gasteiger charge is 2.32. The highest BCUT2D eigenvalue weighted by atomic mass is 16.2. The number of rotatable bonds is 4. The van der Waals surface area contributed by atoms with Crippen molar-refractivity contribution in [1.29, 1.82) is 0 Å². The third kappa shape index (κ3) is 4.04. The molecule has 0 radical (unpaired) electrons. The first-order chi connectivity index (χ1) is 15.6. The van der Waals surface area contributed by atoms with Crippen LogP contribution in [0.15, 0.2) is 36.7 Å². The third-order valence-corrected chi connectivity index (χ3v) is 6.67. The van der Waals surface area contributed by atoms with Crippen molar-refractivity contribution < 1.29 is 14.4 Å². The predicted molar refractivity (Wildman–Crippen MR) is 122 cm³/mol. The van der Waals surface area contributed by atoms with Crippen LogP contribution in [0, 0.1) is 5.92 Å². The van der Waals surface area contributed by atoms with Crippen molar-refractivity contribution in [3.05, 3.63) is 47.8 Å². The fourth-order valence-electron chi connectivity index (χ4n) is 5.01. The molecule has 0 spiro atoms. The van der Waals surface area contributed by atoms with Gasteiger partial charge in [0.15, 0.2) is 0 Å². The molecule has 166 valence electrons. The lowest BCUT2D eigenvalue weighted by molar-refractivity contribution is -0.136. The third-order valence-electron chi connectivity index (χ3n) is 6.67. The van der Waals surface area contributed by atoms with Crippen LogP contribution in [0.25, 0.3) is 0 Å². The Hall–Kier alpha value is -3.42. The predicted octanol–water partition coefficient (Wildman–Crippen LogP) is 1.89. The van der Waals surface area contributed by atoms with Gasteiger partial charge < -0.3 is 20.4 Å². The monoisotopic (exact) mass is 433 g/mol. The molecule has 0 unspecified atom stereocenters. The zero-order chi connectivity index (χ0) is 22.1. The normalized spacial score (nSPS) is 17.8. The van der Waals surface area contributed by atoms with Gasteiger partial charge in [-0.25, -0.2) is 0 Å². The minimum Gasteiger partial charge on any atom is -0.371 e.